The fourth-order valence-electron chi connectivity index (χ4n) is 7.28. The number of carbonyl (C=O) groups is 2. The molecule has 12 atom stereocenters. The Morgan fingerprint density at radius 1 is 0.768 bits per heavy atom. The summed E-state index contributed by atoms with van der Waals surface area (Å²) in [5, 5.41) is 14.6. The molecule has 3 N–H and O–H groups in total. The molecule has 4 fully saturated rings. The number of ether oxygens (including phenoxy) is 9. The van der Waals surface area contributed by atoms with Gasteiger partial charge in [-0.3, -0.25) is 14.1 Å². The molecule has 6 rings (SSSR count). The van der Waals surface area contributed by atoms with Crippen molar-refractivity contribution in [2.24, 2.45) is 0 Å². The fraction of sp³-hybridized carbons (Fsp3) is 0.632. The second kappa shape index (κ2) is 20.0. The highest BCUT2D eigenvalue weighted by atomic mass is 32.3. The molecule has 0 bridgehead atoms. The Hall–Kier alpha value is -3.11. The third-order valence-electron chi connectivity index (χ3n) is 9.97. The van der Waals surface area contributed by atoms with E-state index in [4.69, 9.17) is 46.8 Å². The predicted octanol–water partition coefficient (Wildman–Crippen LogP) is 3.02. The molecule has 4 aliphatic heterocycles. The summed E-state index contributed by atoms with van der Waals surface area (Å²) in [5.41, 5.74) is 1.34. The molecule has 0 radical (unpaired) electrons. The van der Waals surface area contributed by atoms with Crippen molar-refractivity contribution >= 4 is 22.3 Å². The molecule has 18 heteroatoms. The number of fused-ring (bicyclic) bond motifs is 2. The monoisotopic (exact) mass is 809 g/mol. The molecule has 4 heterocycles. The third-order valence-corrected chi connectivity index (χ3v) is 10.4. The van der Waals surface area contributed by atoms with Crippen molar-refractivity contribution in [3.05, 3.63) is 71.8 Å². The predicted molar refractivity (Wildman–Crippen MR) is 193 cm³/mol. The summed E-state index contributed by atoms with van der Waals surface area (Å²) in [6.45, 7) is 1.53. The zero-order valence-corrected chi connectivity index (χ0v) is 32.1. The molecule has 0 aromatic heterocycles. The highest BCUT2D eigenvalue weighted by molar-refractivity contribution is 7.80. The van der Waals surface area contributed by atoms with Crippen LogP contribution >= 0.6 is 0 Å². The number of aliphatic hydroxyl groups excluding tert-OH is 1. The van der Waals surface area contributed by atoms with Crippen LogP contribution in [-0.2, 0) is 66.8 Å². The lowest BCUT2D eigenvalue weighted by molar-refractivity contribution is -0.392. The van der Waals surface area contributed by atoms with E-state index in [9.17, 15) is 27.7 Å². The first kappa shape index (κ1) is 42.5. The first-order valence-corrected chi connectivity index (χ1v) is 20.3. The average molecular weight is 810 g/mol. The zero-order chi connectivity index (χ0) is 39.7. The van der Waals surface area contributed by atoms with Crippen LogP contribution in [0.2, 0.25) is 0 Å². The van der Waals surface area contributed by atoms with Crippen LogP contribution in [-0.4, -0.2) is 118 Å². The van der Waals surface area contributed by atoms with E-state index in [1.807, 2.05) is 36.4 Å². The number of carbonyl (C=O) groups excluding carboxylic acids is 2. The Balaban J connectivity index is 1.20. The van der Waals surface area contributed by atoms with Gasteiger partial charge in [-0.15, -0.1) is 0 Å². The number of aliphatic hydroxyl groups is 1. The van der Waals surface area contributed by atoms with Gasteiger partial charge in [0.1, 0.15) is 48.8 Å². The van der Waals surface area contributed by atoms with Gasteiger partial charge >= 0.3 is 16.4 Å². The molecule has 56 heavy (non-hydrogen) atoms. The normalized spacial score (nSPS) is 33.1. The van der Waals surface area contributed by atoms with Crippen LogP contribution in [0.15, 0.2) is 60.7 Å². The van der Waals surface area contributed by atoms with E-state index in [1.165, 1.54) is 14.0 Å². The molecule has 4 aliphatic rings. The number of methoxy groups -OCH3 is 1. The van der Waals surface area contributed by atoms with Crippen molar-refractivity contribution in [1.29, 1.82) is 0 Å². The van der Waals surface area contributed by atoms with Crippen LogP contribution in [0.25, 0.3) is 0 Å². The van der Waals surface area contributed by atoms with Gasteiger partial charge in [-0.2, -0.15) is 8.42 Å². The molecule has 4 saturated heterocycles. The highest BCUT2D eigenvalue weighted by Gasteiger charge is 2.57. The molecule has 2 aromatic carbocycles. The molecule has 1 amide bonds. The molecule has 0 aliphatic carbocycles. The number of nitrogens with one attached hydrogen (secondary N) is 1. The second-order valence-electron chi connectivity index (χ2n) is 14.1. The largest absolute Gasteiger partial charge is 0.469 e. The van der Waals surface area contributed by atoms with Crippen LogP contribution < -0.4 is 5.32 Å². The van der Waals surface area contributed by atoms with Crippen LogP contribution in [0, 0.1) is 0 Å². The van der Waals surface area contributed by atoms with Gasteiger partial charge in [0.2, 0.25) is 5.91 Å². The summed E-state index contributed by atoms with van der Waals surface area (Å²) in [6, 6.07) is 17.0. The van der Waals surface area contributed by atoms with Gasteiger partial charge in [0, 0.05) is 31.1 Å². The quantitative estimate of drug-likeness (QED) is 0.119. The van der Waals surface area contributed by atoms with Crippen LogP contribution in [0.1, 0.15) is 75.6 Å². The Morgan fingerprint density at radius 3 is 1.86 bits per heavy atom. The van der Waals surface area contributed by atoms with E-state index in [2.05, 4.69) is 5.32 Å². The van der Waals surface area contributed by atoms with Crippen molar-refractivity contribution in [1.82, 2.24) is 5.32 Å². The Bertz CT molecular complexity index is 1650. The standard InChI is InChI=1S/C38H51NO16S/c1-23(40)39-29-33(54-38-30(42)34(55-56(43,44)45)32-27(51-38)22-49-36(53-32)25-17-11-8-12-18-25)31-26(21-48-35(52-31)24-15-9-7-10-16-24)50-37(29)47-20-14-6-4-3-5-13-19-28(41)46-2/h7-12,15-18,26-27,29-38,42H,3-6,13-14,19-22H2,1-2H3,(H,39,40)(H,43,44,45)/t26-,27-,29-,30-,31-,32+,33-,34-,35?,36?,37-,38+/m1/s1. The van der Waals surface area contributed by atoms with Gasteiger partial charge in [0.05, 0.1) is 20.3 Å². The SMILES string of the molecule is COC(=O)CCCCCCCCO[C@@H]1O[C@@H]2COC(c3ccccc3)O[C@H]2[C@H](O[C@@H]2O[C@@H]3COC(c4ccccc4)O[C@@H]3[C@H](OS(=O)(=O)O)[C@H]2O)[C@H]1NC(C)=O. The minimum atomic E-state index is -5.11. The van der Waals surface area contributed by atoms with Gasteiger partial charge < -0.3 is 53.1 Å². The molecule has 17 nitrogen and oxygen atoms in total. The van der Waals surface area contributed by atoms with Crippen molar-refractivity contribution in [3.8, 4) is 0 Å². The molecule has 0 saturated carbocycles. The summed E-state index contributed by atoms with van der Waals surface area (Å²) < 4.78 is 93.5. The molecule has 2 unspecified atom stereocenters. The second-order valence-corrected chi connectivity index (χ2v) is 15.1. The third kappa shape index (κ3) is 11.3. The topological polar surface area (TPSA) is 213 Å². The first-order valence-electron chi connectivity index (χ1n) is 18.9. The maximum absolute atomic E-state index is 12.7. The van der Waals surface area contributed by atoms with Crippen LogP contribution in [0.4, 0.5) is 0 Å². The first-order chi connectivity index (χ1) is 27.0. The number of rotatable bonds is 17. The summed E-state index contributed by atoms with van der Waals surface area (Å²) in [6.07, 6.45) is -7.61. The van der Waals surface area contributed by atoms with Crippen LogP contribution in [0.5, 0.6) is 0 Å². The number of esters is 1. The number of hydrogen-bond donors (Lipinski definition) is 3. The van der Waals surface area contributed by atoms with E-state index in [1.54, 1.807) is 24.3 Å². The Kier molecular flexibility index (Phi) is 15.2. The summed E-state index contributed by atoms with van der Waals surface area (Å²) in [7, 11) is -3.74. The fourth-order valence-corrected chi connectivity index (χ4v) is 7.79. The minimum Gasteiger partial charge on any atom is -0.469 e. The minimum absolute atomic E-state index is 0.0537. The number of unbranched alkanes of at least 4 members (excludes halogenated alkanes) is 5. The lowest BCUT2D eigenvalue weighted by atomic mass is 9.94. The highest BCUT2D eigenvalue weighted by Crippen LogP contribution is 2.40. The summed E-state index contributed by atoms with van der Waals surface area (Å²) in [4.78, 5) is 24.1. The molecular formula is C38H51NO16S. The molecule has 310 valence electrons. The maximum Gasteiger partial charge on any atom is 0.397 e. The maximum atomic E-state index is 12.7. The lowest BCUT2D eigenvalue weighted by Crippen LogP contribution is -2.70. The van der Waals surface area contributed by atoms with Crippen molar-refractivity contribution in [2.75, 3.05) is 26.9 Å². The van der Waals surface area contributed by atoms with Gasteiger partial charge in [-0.05, 0) is 12.8 Å². The molecular weight excluding hydrogens is 758 g/mol. The Morgan fingerprint density at radius 2 is 1.30 bits per heavy atom. The smallest absolute Gasteiger partial charge is 0.397 e. The zero-order valence-electron chi connectivity index (χ0n) is 31.3. The molecule has 2 aromatic rings. The average Bonchev–Trinajstić information content (AvgIpc) is 3.19. The van der Waals surface area contributed by atoms with E-state index in [-0.39, 0.29) is 25.8 Å². The number of benzene rings is 2. The van der Waals surface area contributed by atoms with Gasteiger partial charge in [0.15, 0.2) is 25.2 Å². The Labute approximate surface area is 326 Å². The summed E-state index contributed by atoms with van der Waals surface area (Å²) >= 11 is 0. The van der Waals surface area contributed by atoms with Crippen molar-refractivity contribution in [3.63, 3.8) is 0 Å². The van der Waals surface area contributed by atoms with Crippen LogP contribution in [0.3, 0.4) is 0 Å². The van der Waals surface area contributed by atoms with Crippen molar-refractivity contribution in [2.45, 2.75) is 126 Å². The van der Waals surface area contributed by atoms with Gasteiger partial charge in [0.25, 0.3) is 0 Å². The van der Waals surface area contributed by atoms with E-state index >= 15 is 0 Å². The van der Waals surface area contributed by atoms with Gasteiger partial charge in [-0.25, -0.2) is 4.18 Å². The van der Waals surface area contributed by atoms with Gasteiger partial charge in [-0.1, -0.05) is 86.3 Å². The number of hydrogen-bond acceptors (Lipinski definition) is 15. The summed E-state index contributed by atoms with van der Waals surface area (Å²) in [5.74, 6) is -0.654. The van der Waals surface area contributed by atoms with Crippen molar-refractivity contribution < 1.29 is 74.5 Å². The number of amides is 1. The van der Waals surface area contributed by atoms with E-state index in [0.29, 0.717) is 24.0 Å². The van der Waals surface area contributed by atoms with E-state index < -0.39 is 90.2 Å². The van der Waals surface area contributed by atoms with E-state index in [0.717, 1.165) is 32.1 Å². The lowest BCUT2D eigenvalue weighted by Gasteiger charge is -2.52. The molecule has 0 spiro atoms.